The van der Waals surface area contributed by atoms with Crippen LogP contribution < -0.4 is 4.74 Å². The van der Waals surface area contributed by atoms with Crippen LogP contribution in [0.3, 0.4) is 0 Å². The second-order valence-electron chi connectivity index (χ2n) is 3.53. The lowest BCUT2D eigenvalue weighted by molar-refractivity contribution is -0.116. The van der Waals surface area contributed by atoms with Gasteiger partial charge in [0.2, 0.25) is 0 Å². The van der Waals surface area contributed by atoms with E-state index in [0.29, 0.717) is 16.9 Å². The van der Waals surface area contributed by atoms with Gasteiger partial charge in [0.25, 0.3) is 0 Å². The van der Waals surface area contributed by atoms with Gasteiger partial charge in [-0.3, -0.25) is 4.79 Å². The zero-order chi connectivity index (χ0) is 11.4. The molecular formula is C12H15FO2. The molecule has 1 unspecified atom stereocenters. The lowest BCUT2D eigenvalue weighted by atomic mass is 9.99. The first-order chi connectivity index (χ1) is 7.06. The maximum Gasteiger partial charge on any atom is 0.134 e. The average Bonchev–Trinajstić information content (AvgIpc) is 2.15. The molecule has 0 aliphatic rings. The third-order valence-electron chi connectivity index (χ3n) is 2.21. The van der Waals surface area contributed by atoms with Crippen molar-refractivity contribution in [2.45, 2.75) is 26.4 Å². The van der Waals surface area contributed by atoms with Gasteiger partial charge >= 0.3 is 0 Å². The van der Waals surface area contributed by atoms with Crippen molar-refractivity contribution in [2.75, 3.05) is 7.11 Å². The van der Waals surface area contributed by atoms with E-state index in [1.54, 1.807) is 18.2 Å². The molecule has 0 aromatic heterocycles. The topological polar surface area (TPSA) is 26.3 Å². The molecule has 0 saturated carbocycles. The fraction of sp³-hybridized carbons (Fsp3) is 0.417. The second-order valence-corrected chi connectivity index (χ2v) is 3.53. The molecule has 15 heavy (non-hydrogen) atoms. The summed E-state index contributed by atoms with van der Waals surface area (Å²) in [4.78, 5) is 11.0. The highest BCUT2D eigenvalue weighted by Crippen LogP contribution is 2.31. The molecule has 1 aromatic carbocycles. The number of Topliss-reactive ketones (excluding diaryl/α,β-unsaturated/α-hetero) is 1. The van der Waals surface area contributed by atoms with Crippen LogP contribution in [0.2, 0.25) is 0 Å². The predicted molar refractivity (Wildman–Crippen MR) is 56.9 cm³/mol. The summed E-state index contributed by atoms with van der Waals surface area (Å²) in [5.41, 5.74) is 1.19. The molecule has 2 nitrogen and oxygen atoms in total. The highest BCUT2D eigenvalue weighted by Gasteiger charge is 2.15. The van der Waals surface area contributed by atoms with Gasteiger partial charge in [-0.05, 0) is 25.5 Å². The SMILES string of the molecule is COc1cccc(CC(C)=O)c1C(C)F. The summed E-state index contributed by atoms with van der Waals surface area (Å²) in [6.07, 6.45) is -0.878. The first-order valence-corrected chi connectivity index (χ1v) is 4.85. The number of hydrogen-bond donors (Lipinski definition) is 0. The van der Waals surface area contributed by atoms with E-state index in [1.165, 1.54) is 21.0 Å². The van der Waals surface area contributed by atoms with Crippen LogP contribution >= 0.6 is 0 Å². The normalized spacial score (nSPS) is 12.3. The molecule has 0 heterocycles. The van der Waals surface area contributed by atoms with Crippen LogP contribution in [0, 0.1) is 0 Å². The Hall–Kier alpha value is -1.38. The summed E-state index contributed by atoms with van der Waals surface area (Å²) in [6.45, 7) is 2.94. The summed E-state index contributed by atoms with van der Waals surface area (Å²) in [6, 6.07) is 5.23. The van der Waals surface area contributed by atoms with E-state index in [-0.39, 0.29) is 12.2 Å². The van der Waals surface area contributed by atoms with Crippen LogP contribution in [0.15, 0.2) is 18.2 Å². The summed E-state index contributed by atoms with van der Waals surface area (Å²) < 4.78 is 18.5. The molecule has 1 aromatic rings. The van der Waals surface area contributed by atoms with E-state index in [0.717, 1.165) is 0 Å². The Kier molecular flexibility index (Phi) is 3.83. The van der Waals surface area contributed by atoms with Gasteiger partial charge in [-0.15, -0.1) is 0 Å². The van der Waals surface area contributed by atoms with Crippen LogP contribution in [0.5, 0.6) is 5.75 Å². The molecule has 0 fully saturated rings. The van der Waals surface area contributed by atoms with Gasteiger partial charge in [0.1, 0.15) is 17.7 Å². The van der Waals surface area contributed by atoms with E-state index in [9.17, 15) is 9.18 Å². The van der Waals surface area contributed by atoms with Gasteiger partial charge in [0.15, 0.2) is 0 Å². The van der Waals surface area contributed by atoms with Gasteiger partial charge in [-0.25, -0.2) is 4.39 Å². The van der Waals surface area contributed by atoms with Crippen LogP contribution in [0.4, 0.5) is 4.39 Å². The van der Waals surface area contributed by atoms with Crippen molar-refractivity contribution in [3.05, 3.63) is 29.3 Å². The molecule has 0 spiro atoms. The number of ketones is 1. The quantitative estimate of drug-likeness (QED) is 0.763. The molecule has 0 amide bonds. The Morgan fingerprint density at radius 3 is 2.67 bits per heavy atom. The Balaban J connectivity index is 3.19. The maximum absolute atomic E-state index is 13.4. The molecule has 0 aliphatic carbocycles. The number of carbonyl (C=O) groups is 1. The van der Waals surface area contributed by atoms with E-state index >= 15 is 0 Å². The van der Waals surface area contributed by atoms with Crippen LogP contribution in [-0.4, -0.2) is 12.9 Å². The summed E-state index contributed by atoms with van der Waals surface area (Å²) in [5.74, 6) is 0.522. The van der Waals surface area contributed by atoms with Gasteiger partial charge in [0, 0.05) is 12.0 Å². The minimum absolute atomic E-state index is 0.0187. The van der Waals surface area contributed by atoms with E-state index in [2.05, 4.69) is 0 Å². The van der Waals surface area contributed by atoms with Crippen LogP contribution in [0.25, 0.3) is 0 Å². The van der Waals surface area contributed by atoms with Crippen LogP contribution in [-0.2, 0) is 11.2 Å². The van der Waals surface area contributed by atoms with Crippen molar-refractivity contribution >= 4 is 5.78 Å². The number of halogens is 1. The lowest BCUT2D eigenvalue weighted by Crippen LogP contribution is -2.04. The lowest BCUT2D eigenvalue weighted by Gasteiger charge is -2.13. The van der Waals surface area contributed by atoms with Crippen molar-refractivity contribution in [1.82, 2.24) is 0 Å². The maximum atomic E-state index is 13.4. The minimum atomic E-state index is -1.13. The summed E-state index contributed by atoms with van der Waals surface area (Å²) >= 11 is 0. The van der Waals surface area contributed by atoms with Crippen molar-refractivity contribution < 1.29 is 13.9 Å². The summed E-state index contributed by atoms with van der Waals surface area (Å²) in [7, 11) is 1.50. The highest BCUT2D eigenvalue weighted by atomic mass is 19.1. The molecule has 82 valence electrons. The predicted octanol–water partition coefficient (Wildman–Crippen LogP) is 2.86. The van der Waals surface area contributed by atoms with Gasteiger partial charge < -0.3 is 4.74 Å². The number of alkyl halides is 1. The molecule has 0 aliphatic heterocycles. The van der Waals surface area contributed by atoms with Crippen molar-refractivity contribution in [3.63, 3.8) is 0 Å². The second kappa shape index (κ2) is 4.91. The standard InChI is InChI=1S/C12H15FO2/c1-8(14)7-10-5-4-6-11(15-3)12(10)9(2)13/h4-6,9H,7H2,1-3H3. The highest BCUT2D eigenvalue weighted by molar-refractivity contribution is 5.78. The average molecular weight is 210 g/mol. The Bertz CT molecular complexity index is 359. The van der Waals surface area contributed by atoms with E-state index in [1.807, 2.05) is 0 Å². The van der Waals surface area contributed by atoms with Gasteiger partial charge in [-0.1, -0.05) is 12.1 Å². The Labute approximate surface area is 89.1 Å². The number of hydrogen-bond acceptors (Lipinski definition) is 2. The molecule has 1 rings (SSSR count). The summed E-state index contributed by atoms with van der Waals surface area (Å²) in [5, 5.41) is 0. The van der Waals surface area contributed by atoms with E-state index in [4.69, 9.17) is 4.74 Å². The number of carbonyl (C=O) groups excluding carboxylic acids is 1. The third-order valence-corrected chi connectivity index (χ3v) is 2.21. The largest absolute Gasteiger partial charge is 0.496 e. The third kappa shape index (κ3) is 2.78. The number of rotatable bonds is 4. The molecule has 0 N–H and O–H groups in total. The monoisotopic (exact) mass is 210 g/mol. The molecule has 0 bridgehead atoms. The Morgan fingerprint density at radius 1 is 1.53 bits per heavy atom. The number of ether oxygens (including phenoxy) is 1. The zero-order valence-electron chi connectivity index (χ0n) is 9.21. The Morgan fingerprint density at radius 2 is 2.20 bits per heavy atom. The van der Waals surface area contributed by atoms with Crippen LogP contribution in [0.1, 0.15) is 31.1 Å². The molecular weight excluding hydrogens is 195 g/mol. The first kappa shape index (κ1) is 11.7. The zero-order valence-corrected chi connectivity index (χ0v) is 9.21. The van der Waals surface area contributed by atoms with Gasteiger partial charge in [0.05, 0.1) is 7.11 Å². The fourth-order valence-corrected chi connectivity index (χ4v) is 1.64. The number of methoxy groups -OCH3 is 1. The number of benzene rings is 1. The molecule has 0 radical (unpaired) electrons. The smallest absolute Gasteiger partial charge is 0.134 e. The van der Waals surface area contributed by atoms with E-state index < -0.39 is 6.17 Å². The van der Waals surface area contributed by atoms with Gasteiger partial charge in [-0.2, -0.15) is 0 Å². The molecule has 0 saturated heterocycles. The fourth-order valence-electron chi connectivity index (χ4n) is 1.64. The molecule has 1 atom stereocenters. The van der Waals surface area contributed by atoms with Crippen molar-refractivity contribution in [2.24, 2.45) is 0 Å². The first-order valence-electron chi connectivity index (χ1n) is 4.85. The van der Waals surface area contributed by atoms with Crippen molar-refractivity contribution in [1.29, 1.82) is 0 Å². The molecule has 3 heteroatoms. The van der Waals surface area contributed by atoms with Crippen molar-refractivity contribution in [3.8, 4) is 5.75 Å². The minimum Gasteiger partial charge on any atom is -0.496 e.